The summed E-state index contributed by atoms with van der Waals surface area (Å²) in [6, 6.07) is 23.7. The maximum Gasteiger partial charge on any atom is 0.196 e. The van der Waals surface area contributed by atoms with E-state index in [1.165, 1.54) is 5.56 Å². The van der Waals surface area contributed by atoms with Crippen LogP contribution in [0.15, 0.2) is 84.4 Å². The highest BCUT2D eigenvalue weighted by molar-refractivity contribution is 6.33. The lowest BCUT2D eigenvalue weighted by atomic mass is 9.93. The van der Waals surface area contributed by atoms with Crippen molar-refractivity contribution in [1.82, 2.24) is 0 Å². The van der Waals surface area contributed by atoms with Gasteiger partial charge in [0, 0.05) is 11.1 Å². The van der Waals surface area contributed by atoms with Crippen LogP contribution in [0.5, 0.6) is 0 Å². The summed E-state index contributed by atoms with van der Waals surface area (Å²) in [4.78, 5) is 26.1. The van der Waals surface area contributed by atoms with Crippen LogP contribution in [-0.4, -0.2) is 11.6 Å². The van der Waals surface area contributed by atoms with Crippen LogP contribution in [0.4, 0.5) is 0 Å². The predicted octanol–water partition coefficient (Wildman–Crippen LogP) is 5.45. The average Bonchev–Trinajstić information content (AvgIpc) is 2.69. The van der Waals surface area contributed by atoms with Gasteiger partial charge in [-0.15, -0.1) is 0 Å². The van der Waals surface area contributed by atoms with Crippen LogP contribution in [0.25, 0.3) is 6.08 Å². The summed E-state index contributed by atoms with van der Waals surface area (Å²) in [5, 5.41) is 0. The molecule has 0 saturated heterocycles. The van der Waals surface area contributed by atoms with Crippen LogP contribution < -0.4 is 0 Å². The monoisotopic (exact) mass is 340 g/mol. The Morgan fingerprint density at radius 1 is 0.654 bits per heavy atom. The highest BCUT2D eigenvalue weighted by Gasteiger charge is 2.21. The van der Waals surface area contributed by atoms with Crippen molar-refractivity contribution < 1.29 is 9.59 Å². The number of hydrogen-bond acceptors (Lipinski definition) is 2. The zero-order valence-electron chi connectivity index (χ0n) is 14.9. The Labute approximate surface area is 153 Å². The van der Waals surface area contributed by atoms with Crippen LogP contribution in [0.3, 0.4) is 0 Å². The molecule has 0 aliphatic carbocycles. The van der Waals surface area contributed by atoms with Gasteiger partial charge in [0.05, 0.1) is 5.57 Å². The lowest BCUT2D eigenvalue weighted by Gasteiger charge is -2.08. The Morgan fingerprint density at radius 2 is 1.15 bits per heavy atom. The van der Waals surface area contributed by atoms with Gasteiger partial charge in [0.2, 0.25) is 0 Å². The van der Waals surface area contributed by atoms with E-state index in [2.05, 4.69) is 0 Å². The fraction of sp³-hybridized carbons (Fsp3) is 0.0833. The fourth-order valence-electron chi connectivity index (χ4n) is 2.75. The summed E-state index contributed by atoms with van der Waals surface area (Å²) < 4.78 is 0. The number of rotatable bonds is 5. The minimum Gasteiger partial charge on any atom is -0.288 e. The summed E-state index contributed by atoms with van der Waals surface area (Å²) in [5.41, 5.74) is 4.32. The number of ketones is 2. The number of benzene rings is 3. The van der Waals surface area contributed by atoms with Gasteiger partial charge in [-0.1, -0.05) is 78.9 Å². The fourth-order valence-corrected chi connectivity index (χ4v) is 2.75. The molecule has 2 heteroatoms. The molecule has 3 aromatic rings. The van der Waals surface area contributed by atoms with Crippen LogP contribution in [-0.2, 0) is 0 Å². The van der Waals surface area contributed by atoms with Crippen molar-refractivity contribution >= 4 is 17.6 Å². The third kappa shape index (κ3) is 3.86. The summed E-state index contributed by atoms with van der Waals surface area (Å²) in [7, 11) is 0. The van der Waals surface area contributed by atoms with E-state index in [0.717, 1.165) is 11.1 Å². The molecule has 0 bridgehead atoms. The van der Waals surface area contributed by atoms with Crippen LogP contribution >= 0.6 is 0 Å². The molecule has 128 valence electrons. The number of allylic oxidation sites excluding steroid dienone is 1. The molecule has 0 aromatic heterocycles. The van der Waals surface area contributed by atoms with Gasteiger partial charge in [0.15, 0.2) is 11.6 Å². The zero-order valence-corrected chi connectivity index (χ0v) is 14.9. The van der Waals surface area contributed by atoms with E-state index in [1.807, 2.05) is 44.2 Å². The molecule has 0 saturated carbocycles. The van der Waals surface area contributed by atoms with Crippen molar-refractivity contribution in [3.05, 3.63) is 112 Å². The molecule has 0 fully saturated rings. The maximum absolute atomic E-state index is 13.0. The summed E-state index contributed by atoms with van der Waals surface area (Å²) in [5.74, 6) is -0.532. The summed E-state index contributed by atoms with van der Waals surface area (Å²) >= 11 is 0. The molecule has 0 spiro atoms. The smallest absolute Gasteiger partial charge is 0.196 e. The second-order valence-electron chi connectivity index (χ2n) is 6.29. The number of aryl methyl sites for hydroxylation is 2. The Morgan fingerprint density at radius 3 is 1.62 bits per heavy atom. The van der Waals surface area contributed by atoms with E-state index in [4.69, 9.17) is 0 Å². The summed E-state index contributed by atoms with van der Waals surface area (Å²) in [6.45, 7) is 4.05. The highest BCUT2D eigenvalue weighted by atomic mass is 16.1. The van der Waals surface area contributed by atoms with Gasteiger partial charge in [-0.3, -0.25) is 9.59 Å². The molecular formula is C24H20O2. The first-order chi connectivity index (χ1) is 12.6. The minimum atomic E-state index is -0.266. The van der Waals surface area contributed by atoms with E-state index >= 15 is 0 Å². The van der Waals surface area contributed by atoms with E-state index < -0.39 is 0 Å². The normalized spacial score (nSPS) is 10.2. The van der Waals surface area contributed by atoms with E-state index in [1.54, 1.807) is 54.6 Å². The lowest BCUT2D eigenvalue weighted by Crippen LogP contribution is -2.13. The first-order valence-electron chi connectivity index (χ1n) is 8.54. The number of hydrogen-bond donors (Lipinski definition) is 0. The van der Waals surface area contributed by atoms with E-state index in [-0.39, 0.29) is 17.1 Å². The first-order valence-corrected chi connectivity index (χ1v) is 8.54. The maximum atomic E-state index is 13.0. The Hall–Kier alpha value is -3.26. The van der Waals surface area contributed by atoms with Crippen molar-refractivity contribution in [2.24, 2.45) is 0 Å². The Bertz CT molecular complexity index is 914. The lowest BCUT2D eigenvalue weighted by molar-refractivity contribution is 0.0964. The van der Waals surface area contributed by atoms with Crippen molar-refractivity contribution in [1.29, 1.82) is 0 Å². The van der Waals surface area contributed by atoms with Crippen molar-refractivity contribution in [3.8, 4) is 0 Å². The topological polar surface area (TPSA) is 34.1 Å². The Kier molecular flexibility index (Phi) is 5.23. The SMILES string of the molecule is Cc1ccc(C=C(C(=O)c2ccccc2)C(=O)c2ccccc2)cc1C. The average molecular weight is 340 g/mol. The van der Waals surface area contributed by atoms with Gasteiger partial charge in [-0.25, -0.2) is 0 Å². The molecule has 0 N–H and O–H groups in total. The zero-order chi connectivity index (χ0) is 18.5. The molecule has 0 aliphatic heterocycles. The van der Waals surface area contributed by atoms with Gasteiger partial charge in [0.1, 0.15) is 0 Å². The molecule has 0 atom stereocenters. The van der Waals surface area contributed by atoms with Crippen LogP contribution in [0, 0.1) is 13.8 Å². The standard InChI is InChI=1S/C24H20O2/c1-17-13-14-19(15-18(17)2)16-22(23(25)20-9-5-3-6-10-20)24(26)21-11-7-4-8-12-21/h3-16H,1-2H3. The Balaban J connectivity index is 2.09. The quantitative estimate of drug-likeness (QED) is 0.268. The number of carbonyl (C=O) groups is 2. The van der Waals surface area contributed by atoms with Gasteiger partial charge >= 0.3 is 0 Å². The first kappa shape index (κ1) is 17.6. The van der Waals surface area contributed by atoms with Crippen molar-refractivity contribution in [3.63, 3.8) is 0 Å². The van der Waals surface area contributed by atoms with Gasteiger partial charge in [0.25, 0.3) is 0 Å². The second-order valence-corrected chi connectivity index (χ2v) is 6.29. The van der Waals surface area contributed by atoms with E-state index in [9.17, 15) is 9.59 Å². The molecular weight excluding hydrogens is 320 g/mol. The van der Waals surface area contributed by atoms with Gasteiger partial charge in [-0.2, -0.15) is 0 Å². The van der Waals surface area contributed by atoms with Gasteiger partial charge < -0.3 is 0 Å². The molecule has 0 radical (unpaired) electrons. The molecule has 0 aliphatic rings. The van der Waals surface area contributed by atoms with Crippen molar-refractivity contribution in [2.75, 3.05) is 0 Å². The summed E-state index contributed by atoms with van der Waals surface area (Å²) in [6.07, 6.45) is 1.69. The number of carbonyl (C=O) groups excluding carboxylic acids is 2. The molecule has 3 rings (SSSR count). The molecule has 26 heavy (non-hydrogen) atoms. The molecule has 0 unspecified atom stereocenters. The molecule has 2 nitrogen and oxygen atoms in total. The predicted molar refractivity (Wildman–Crippen MR) is 105 cm³/mol. The van der Waals surface area contributed by atoms with E-state index in [0.29, 0.717) is 11.1 Å². The third-order valence-electron chi connectivity index (χ3n) is 4.40. The third-order valence-corrected chi connectivity index (χ3v) is 4.40. The minimum absolute atomic E-state index is 0.172. The number of Topliss-reactive ketones (excluding diaryl/α,β-unsaturated/α-hetero) is 2. The highest BCUT2D eigenvalue weighted by Crippen LogP contribution is 2.19. The van der Waals surface area contributed by atoms with Crippen LogP contribution in [0.1, 0.15) is 37.4 Å². The van der Waals surface area contributed by atoms with Crippen LogP contribution in [0.2, 0.25) is 0 Å². The molecule has 0 heterocycles. The largest absolute Gasteiger partial charge is 0.288 e. The van der Waals surface area contributed by atoms with Crippen molar-refractivity contribution in [2.45, 2.75) is 13.8 Å². The molecule has 3 aromatic carbocycles. The van der Waals surface area contributed by atoms with Gasteiger partial charge in [-0.05, 0) is 36.6 Å². The molecule has 0 amide bonds. The second kappa shape index (κ2) is 7.75.